The number of rotatable bonds is 5. The summed E-state index contributed by atoms with van der Waals surface area (Å²) >= 11 is 0.984. The largest absolute Gasteiger partial charge is 0.507 e. The highest BCUT2D eigenvalue weighted by atomic mass is 32.1. The Balaban J connectivity index is 1.89. The predicted molar refractivity (Wildman–Crippen MR) is 125 cm³/mol. The van der Waals surface area contributed by atoms with E-state index in [9.17, 15) is 19.5 Å². The summed E-state index contributed by atoms with van der Waals surface area (Å²) in [5.41, 5.74) is 2.44. The topological polar surface area (TPSA) is 96.8 Å². The summed E-state index contributed by atoms with van der Waals surface area (Å²) in [5, 5.41) is 11.3. The molecule has 8 heteroatoms. The van der Waals surface area contributed by atoms with Gasteiger partial charge in [-0.2, -0.15) is 0 Å². The summed E-state index contributed by atoms with van der Waals surface area (Å²) in [6, 6.07) is 15.1. The number of ether oxygens (including phenoxy) is 1. The fraction of sp³-hybridized carbons (Fsp3) is 0.200. The van der Waals surface area contributed by atoms with Crippen molar-refractivity contribution in [3.05, 3.63) is 87.4 Å². The van der Waals surface area contributed by atoms with Crippen LogP contribution < -0.4 is 4.90 Å². The van der Waals surface area contributed by atoms with Gasteiger partial charge in [0.1, 0.15) is 10.6 Å². The molecule has 168 valence electrons. The second-order valence-corrected chi connectivity index (χ2v) is 8.55. The van der Waals surface area contributed by atoms with Gasteiger partial charge < -0.3 is 9.84 Å². The van der Waals surface area contributed by atoms with Gasteiger partial charge in [-0.15, -0.1) is 0 Å². The van der Waals surface area contributed by atoms with Gasteiger partial charge in [-0.25, -0.2) is 9.78 Å². The molecule has 0 bridgehead atoms. The number of aliphatic hydroxyl groups is 1. The summed E-state index contributed by atoms with van der Waals surface area (Å²) in [4.78, 5) is 44.6. The molecule has 1 amide bonds. The van der Waals surface area contributed by atoms with E-state index >= 15 is 0 Å². The van der Waals surface area contributed by atoms with Crippen LogP contribution in [-0.2, 0) is 14.3 Å². The zero-order valence-electron chi connectivity index (χ0n) is 18.4. The number of aromatic nitrogens is 1. The third kappa shape index (κ3) is 4.05. The Morgan fingerprint density at radius 3 is 2.39 bits per heavy atom. The quantitative estimate of drug-likeness (QED) is 0.258. The average Bonchev–Trinajstić information content (AvgIpc) is 3.31. The van der Waals surface area contributed by atoms with Gasteiger partial charge >= 0.3 is 11.9 Å². The number of benzene rings is 2. The van der Waals surface area contributed by atoms with Crippen molar-refractivity contribution in [1.82, 2.24) is 4.98 Å². The first kappa shape index (κ1) is 22.4. The maximum Gasteiger partial charge on any atom is 0.350 e. The summed E-state index contributed by atoms with van der Waals surface area (Å²) in [5.74, 6) is -2.43. The molecule has 2 heterocycles. The van der Waals surface area contributed by atoms with Crippen LogP contribution in [0.2, 0.25) is 0 Å². The molecule has 7 nitrogen and oxygen atoms in total. The number of nitrogens with zero attached hydrogens (tertiary/aromatic N) is 2. The fourth-order valence-corrected chi connectivity index (χ4v) is 4.71. The van der Waals surface area contributed by atoms with Gasteiger partial charge in [0.25, 0.3) is 5.78 Å². The van der Waals surface area contributed by atoms with Gasteiger partial charge in [-0.1, -0.05) is 71.5 Å². The van der Waals surface area contributed by atoms with Crippen LogP contribution in [-0.4, -0.2) is 34.4 Å². The predicted octanol–water partition coefficient (Wildman–Crippen LogP) is 4.56. The lowest BCUT2D eigenvalue weighted by atomic mass is 9.95. The minimum absolute atomic E-state index is 0.0272. The molecule has 0 spiro atoms. The van der Waals surface area contributed by atoms with E-state index in [0.717, 1.165) is 16.9 Å². The lowest BCUT2D eigenvalue weighted by Crippen LogP contribution is -2.29. The van der Waals surface area contributed by atoms with Crippen LogP contribution in [0.15, 0.2) is 60.2 Å². The van der Waals surface area contributed by atoms with Crippen LogP contribution in [0, 0.1) is 13.8 Å². The SMILES string of the molecule is CCOC(=O)c1sc(N2C(=O)C(=O)/C(=C(/O)c3ccc(C)cc3)C2c2ccccc2)nc1C. The number of hydrogen-bond acceptors (Lipinski definition) is 7. The molecule has 0 aliphatic carbocycles. The molecule has 1 saturated heterocycles. The molecule has 1 fully saturated rings. The monoisotopic (exact) mass is 462 g/mol. The number of aryl methyl sites for hydroxylation is 2. The van der Waals surface area contributed by atoms with Crippen molar-refractivity contribution < 1.29 is 24.2 Å². The third-order valence-electron chi connectivity index (χ3n) is 5.34. The average molecular weight is 463 g/mol. The van der Waals surface area contributed by atoms with Gasteiger partial charge in [0.15, 0.2) is 5.13 Å². The number of carbonyl (C=O) groups is 3. The van der Waals surface area contributed by atoms with E-state index in [-0.39, 0.29) is 27.9 Å². The van der Waals surface area contributed by atoms with Gasteiger partial charge in [0.2, 0.25) is 0 Å². The van der Waals surface area contributed by atoms with Crippen LogP contribution in [0.5, 0.6) is 0 Å². The van der Waals surface area contributed by atoms with E-state index in [1.807, 2.05) is 25.1 Å². The Morgan fingerprint density at radius 1 is 1.09 bits per heavy atom. The number of esters is 1. The second kappa shape index (κ2) is 8.99. The number of ketones is 1. The van der Waals surface area contributed by atoms with E-state index in [1.165, 1.54) is 4.90 Å². The Bertz CT molecular complexity index is 1260. The number of thiazole rings is 1. The Kier molecular flexibility index (Phi) is 6.11. The van der Waals surface area contributed by atoms with Crippen LogP contribution in [0.4, 0.5) is 5.13 Å². The maximum absolute atomic E-state index is 13.2. The van der Waals surface area contributed by atoms with Crippen LogP contribution in [0.1, 0.15) is 45.0 Å². The number of Topliss-reactive ketones (excluding diaryl/α,β-unsaturated/α-hetero) is 1. The molecular weight excluding hydrogens is 440 g/mol. The third-order valence-corrected chi connectivity index (χ3v) is 6.47. The van der Waals surface area contributed by atoms with E-state index < -0.39 is 23.7 Å². The lowest BCUT2D eigenvalue weighted by Gasteiger charge is -2.23. The first-order valence-electron chi connectivity index (χ1n) is 10.4. The van der Waals surface area contributed by atoms with E-state index in [2.05, 4.69) is 4.98 Å². The smallest absolute Gasteiger partial charge is 0.350 e. The number of hydrogen-bond donors (Lipinski definition) is 1. The zero-order chi connectivity index (χ0) is 23.7. The number of anilines is 1. The minimum Gasteiger partial charge on any atom is -0.507 e. The maximum atomic E-state index is 13.2. The van der Waals surface area contributed by atoms with Gasteiger partial charge in [0.05, 0.1) is 23.9 Å². The highest BCUT2D eigenvalue weighted by molar-refractivity contribution is 7.17. The molecule has 4 rings (SSSR count). The van der Waals surface area contributed by atoms with Crippen molar-refractivity contribution >= 4 is 39.9 Å². The zero-order valence-corrected chi connectivity index (χ0v) is 19.2. The van der Waals surface area contributed by atoms with E-state index in [4.69, 9.17) is 4.74 Å². The summed E-state index contributed by atoms with van der Waals surface area (Å²) < 4.78 is 5.08. The standard InChI is InChI=1S/C25H22N2O5S/c1-4-32-24(31)22-15(3)26-25(33-22)27-19(16-8-6-5-7-9-16)18(21(29)23(27)30)20(28)17-12-10-14(2)11-13-17/h5-13,19,28H,4H2,1-3H3/b20-18+. The highest BCUT2D eigenvalue weighted by Gasteiger charge is 2.48. The molecular formula is C25H22N2O5S. The van der Waals surface area contributed by atoms with Crippen molar-refractivity contribution in [2.75, 3.05) is 11.5 Å². The normalized spacial score (nSPS) is 17.4. The molecule has 3 aromatic rings. The summed E-state index contributed by atoms with van der Waals surface area (Å²) in [7, 11) is 0. The Labute approximate surface area is 195 Å². The molecule has 2 aromatic carbocycles. The van der Waals surface area contributed by atoms with Crippen molar-refractivity contribution in [2.24, 2.45) is 0 Å². The Hall–Kier alpha value is -3.78. The highest BCUT2D eigenvalue weighted by Crippen LogP contribution is 2.43. The Morgan fingerprint density at radius 2 is 1.76 bits per heavy atom. The minimum atomic E-state index is -0.895. The molecule has 1 aliphatic rings. The van der Waals surface area contributed by atoms with Gasteiger partial charge in [-0.05, 0) is 26.3 Å². The van der Waals surface area contributed by atoms with E-state index in [0.29, 0.717) is 16.8 Å². The molecule has 1 aliphatic heterocycles. The number of aliphatic hydroxyl groups excluding tert-OH is 1. The van der Waals surface area contributed by atoms with Gasteiger partial charge in [0, 0.05) is 5.56 Å². The molecule has 0 radical (unpaired) electrons. The molecule has 0 saturated carbocycles. The molecule has 33 heavy (non-hydrogen) atoms. The molecule has 1 N–H and O–H groups in total. The van der Waals surface area contributed by atoms with E-state index in [1.54, 1.807) is 50.2 Å². The molecule has 1 unspecified atom stereocenters. The molecule has 1 aromatic heterocycles. The van der Waals surface area contributed by atoms with Crippen molar-refractivity contribution in [3.63, 3.8) is 0 Å². The second-order valence-electron chi connectivity index (χ2n) is 7.58. The molecule has 1 atom stereocenters. The lowest BCUT2D eigenvalue weighted by molar-refractivity contribution is -0.132. The number of carbonyl (C=O) groups excluding carboxylic acids is 3. The summed E-state index contributed by atoms with van der Waals surface area (Å²) in [6.45, 7) is 5.47. The van der Waals surface area contributed by atoms with Crippen LogP contribution in [0.25, 0.3) is 5.76 Å². The van der Waals surface area contributed by atoms with Crippen molar-refractivity contribution in [3.8, 4) is 0 Å². The number of amides is 1. The fourth-order valence-electron chi connectivity index (χ4n) is 3.72. The first-order valence-corrected chi connectivity index (χ1v) is 11.2. The van der Waals surface area contributed by atoms with Crippen molar-refractivity contribution in [2.45, 2.75) is 26.8 Å². The van der Waals surface area contributed by atoms with Crippen molar-refractivity contribution in [1.29, 1.82) is 0 Å². The van der Waals surface area contributed by atoms with Crippen LogP contribution in [0.3, 0.4) is 0 Å². The first-order chi connectivity index (χ1) is 15.8. The van der Waals surface area contributed by atoms with Gasteiger partial charge in [-0.3, -0.25) is 14.5 Å². The summed E-state index contributed by atoms with van der Waals surface area (Å²) in [6.07, 6.45) is 0. The van der Waals surface area contributed by atoms with Crippen LogP contribution >= 0.6 is 11.3 Å².